The molecule has 4 rings (SSSR count). The first-order valence-corrected chi connectivity index (χ1v) is 12.8. The average Bonchev–Trinajstić information content (AvgIpc) is 3.51. The molecule has 1 aromatic carbocycles. The fourth-order valence-electron chi connectivity index (χ4n) is 6.75. The van der Waals surface area contributed by atoms with Gasteiger partial charge >= 0.3 is 0 Å². The lowest BCUT2D eigenvalue weighted by molar-refractivity contribution is -0.130. The molecule has 0 N–H and O–H groups in total. The molecule has 1 amide bonds. The molecule has 0 aromatic heterocycles. The smallest absolute Gasteiger partial charge is 0.225 e. The highest BCUT2D eigenvalue weighted by molar-refractivity contribution is 5.80. The summed E-state index contributed by atoms with van der Waals surface area (Å²) < 4.78 is 5.71. The first kappa shape index (κ1) is 23.7. The zero-order valence-corrected chi connectivity index (χ0v) is 20.6. The number of likely N-dealkylation sites (tertiary alicyclic amines) is 3. The summed E-state index contributed by atoms with van der Waals surface area (Å²) in [7, 11) is 3.78. The van der Waals surface area contributed by atoms with Crippen LogP contribution in [0.5, 0.6) is 0 Å². The Hall–Kier alpha value is -1.43. The molecular formula is C27H43N3O2. The summed E-state index contributed by atoms with van der Waals surface area (Å²) in [6.45, 7) is 8.81. The summed E-state index contributed by atoms with van der Waals surface area (Å²) in [5.74, 6) is 1.20. The van der Waals surface area contributed by atoms with Crippen LogP contribution in [0.4, 0.5) is 0 Å². The number of nitrogens with zero attached hydrogens (tertiary/aromatic N) is 3. The van der Waals surface area contributed by atoms with Crippen LogP contribution in [0, 0.1) is 11.8 Å². The monoisotopic (exact) mass is 441 g/mol. The number of amides is 1. The molecule has 5 heteroatoms. The van der Waals surface area contributed by atoms with Crippen LogP contribution in [0.3, 0.4) is 0 Å². The molecule has 3 saturated heterocycles. The van der Waals surface area contributed by atoms with Crippen molar-refractivity contribution in [1.82, 2.24) is 14.7 Å². The average molecular weight is 442 g/mol. The van der Waals surface area contributed by atoms with Crippen LogP contribution in [-0.4, -0.2) is 79.1 Å². The minimum atomic E-state index is 0.201. The van der Waals surface area contributed by atoms with Gasteiger partial charge in [0.2, 0.25) is 5.91 Å². The Morgan fingerprint density at radius 3 is 2.41 bits per heavy atom. The molecule has 0 spiro atoms. The van der Waals surface area contributed by atoms with Gasteiger partial charge in [-0.3, -0.25) is 14.6 Å². The van der Waals surface area contributed by atoms with E-state index in [-0.39, 0.29) is 5.92 Å². The number of carbonyl (C=O) groups is 1. The van der Waals surface area contributed by atoms with Crippen LogP contribution in [0.15, 0.2) is 30.3 Å². The third kappa shape index (κ3) is 5.05. The Kier molecular flexibility index (Phi) is 7.91. The van der Waals surface area contributed by atoms with Crippen LogP contribution >= 0.6 is 0 Å². The maximum absolute atomic E-state index is 12.4. The summed E-state index contributed by atoms with van der Waals surface area (Å²) in [5.41, 5.74) is 1.47. The Labute approximate surface area is 195 Å². The molecule has 6 unspecified atom stereocenters. The summed E-state index contributed by atoms with van der Waals surface area (Å²) in [5, 5.41) is 0. The lowest BCUT2D eigenvalue weighted by Gasteiger charge is -2.36. The quantitative estimate of drug-likeness (QED) is 0.576. The molecule has 3 heterocycles. The van der Waals surface area contributed by atoms with E-state index >= 15 is 0 Å². The number of ether oxygens (including phenoxy) is 1. The van der Waals surface area contributed by atoms with Gasteiger partial charge in [0.15, 0.2) is 0 Å². The van der Waals surface area contributed by atoms with Crippen molar-refractivity contribution in [1.29, 1.82) is 0 Å². The van der Waals surface area contributed by atoms with E-state index in [9.17, 15) is 4.79 Å². The number of rotatable bonds is 9. The van der Waals surface area contributed by atoms with E-state index in [0.717, 1.165) is 32.5 Å². The molecule has 6 atom stereocenters. The number of benzene rings is 1. The van der Waals surface area contributed by atoms with E-state index in [0.29, 0.717) is 36.0 Å². The van der Waals surface area contributed by atoms with Crippen molar-refractivity contribution < 1.29 is 9.53 Å². The second-order valence-electron chi connectivity index (χ2n) is 10.5. The van der Waals surface area contributed by atoms with Crippen molar-refractivity contribution in [2.45, 2.75) is 76.5 Å². The minimum Gasteiger partial charge on any atom is -0.383 e. The molecule has 5 nitrogen and oxygen atoms in total. The van der Waals surface area contributed by atoms with E-state index in [4.69, 9.17) is 4.74 Å². The van der Waals surface area contributed by atoms with E-state index in [1.165, 1.54) is 37.8 Å². The Morgan fingerprint density at radius 1 is 0.969 bits per heavy atom. The van der Waals surface area contributed by atoms with E-state index in [1.54, 1.807) is 0 Å². The topological polar surface area (TPSA) is 36.0 Å². The minimum absolute atomic E-state index is 0.201. The fraction of sp³-hybridized carbons (Fsp3) is 0.741. The summed E-state index contributed by atoms with van der Waals surface area (Å²) in [6.07, 6.45) is 7.03. The fourth-order valence-corrected chi connectivity index (χ4v) is 6.75. The predicted octanol–water partition coefficient (Wildman–Crippen LogP) is 4.20. The van der Waals surface area contributed by atoms with Crippen molar-refractivity contribution >= 4 is 5.91 Å². The standard InChI is InChI=1S/C27H43N3O2/c1-20(29-14-8-11-25(29)22-9-6-5-7-10-22)17-23-13-16-30(26(23)19-32-4)21(2)18-24-12-15-28(3)27(24)31/h5-7,9-10,20-21,23-26H,8,11-19H2,1-4H3. The van der Waals surface area contributed by atoms with Gasteiger partial charge in [-0.25, -0.2) is 0 Å². The first-order chi connectivity index (χ1) is 15.5. The molecule has 0 aliphatic carbocycles. The molecule has 3 fully saturated rings. The highest BCUT2D eigenvalue weighted by Crippen LogP contribution is 2.38. The van der Waals surface area contributed by atoms with Crippen LogP contribution in [0.25, 0.3) is 0 Å². The lowest BCUT2D eigenvalue weighted by atomic mass is 9.91. The van der Waals surface area contributed by atoms with Crippen LogP contribution in [0.1, 0.15) is 64.0 Å². The summed E-state index contributed by atoms with van der Waals surface area (Å²) >= 11 is 0. The van der Waals surface area contributed by atoms with Crippen LogP contribution in [-0.2, 0) is 9.53 Å². The predicted molar refractivity (Wildman–Crippen MR) is 130 cm³/mol. The maximum atomic E-state index is 12.4. The molecule has 0 saturated carbocycles. The highest BCUT2D eigenvalue weighted by atomic mass is 16.5. The van der Waals surface area contributed by atoms with Crippen molar-refractivity contribution in [3.8, 4) is 0 Å². The van der Waals surface area contributed by atoms with Gasteiger partial charge in [0.25, 0.3) is 0 Å². The first-order valence-electron chi connectivity index (χ1n) is 12.8. The number of methoxy groups -OCH3 is 1. The van der Waals surface area contributed by atoms with Gasteiger partial charge in [-0.1, -0.05) is 30.3 Å². The molecule has 32 heavy (non-hydrogen) atoms. The largest absolute Gasteiger partial charge is 0.383 e. The van der Waals surface area contributed by atoms with Gasteiger partial charge in [-0.05, 0) is 76.9 Å². The second-order valence-corrected chi connectivity index (χ2v) is 10.5. The number of carbonyl (C=O) groups excluding carboxylic acids is 1. The molecular weight excluding hydrogens is 398 g/mol. The molecule has 0 radical (unpaired) electrons. The third-order valence-electron chi connectivity index (χ3n) is 8.48. The zero-order chi connectivity index (χ0) is 22.7. The van der Waals surface area contributed by atoms with E-state index < -0.39 is 0 Å². The van der Waals surface area contributed by atoms with Gasteiger partial charge in [-0.15, -0.1) is 0 Å². The maximum Gasteiger partial charge on any atom is 0.225 e. The molecule has 1 aromatic rings. The van der Waals surface area contributed by atoms with Crippen molar-refractivity contribution in [2.75, 3.05) is 40.4 Å². The second kappa shape index (κ2) is 10.7. The lowest BCUT2D eigenvalue weighted by Crippen LogP contribution is -2.44. The molecule has 3 aliphatic heterocycles. The third-order valence-corrected chi connectivity index (χ3v) is 8.48. The summed E-state index contributed by atoms with van der Waals surface area (Å²) in [4.78, 5) is 19.8. The van der Waals surface area contributed by atoms with Crippen molar-refractivity contribution in [2.24, 2.45) is 11.8 Å². The summed E-state index contributed by atoms with van der Waals surface area (Å²) in [6, 6.07) is 13.1. The highest BCUT2D eigenvalue weighted by Gasteiger charge is 2.41. The van der Waals surface area contributed by atoms with Crippen LogP contribution < -0.4 is 0 Å². The normalized spacial score (nSPS) is 31.5. The van der Waals surface area contributed by atoms with Crippen LogP contribution in [0.2, 0.25) is 0 Å². The van der Waals surface area contributed by atoms with Crippen molar-refractivity contribution in [3.63, 3.8) is 0 Å². The van der Waals surface area contributed by atoms with E-state index in [1.807, 2.05) is 19.1 Å². The van der Waals surface area contributed by atoms with Crippen molar-refractivity contribution in [3.05, 3.63) is 35.9 Å². The van der Waals surface area contributed by atoms with Gasteiger partial charge < -0.3 is 9.64 Å². The Morgan fingerprint density at radius 2 is 1.72 bits per heavy atom. The van der Waals surface area contributed by atoms with Gasteiger partial charge in [0.1, 0.15) is 0 Å². The molecule has 3 aliphatic rings. The van der Waals surface area contributed by atoms with Gasteiger partial charge in [0, 0.05) is 50.8 Å². The number of hydrogen-bond acceptors (Lipinski definition) is 4. The number of hydrogen-bond donors (Lipinski definition) is 0. The van der Waals surface area contributed by atoms with E-state index in [2.05, 4.69) is 54.0 Å². The zero-order valence-electron chi connectivity index (χ0n) is 20.6. The molecule has 0 bridgehead atoms. The SMILES string of the molecule is COCC1C(CC(C)N2CCCC2c2ccccc2)CCN1C(C)CC1CCN(C)C1=O. The van der Waals surface area contributed by atoms with Gasteiger partial charge in [-0.2, -0.15) is 0 Å². The molecule has 178 valence electrons. The van der Waals surface area contributed by atoms with Gasteiger partial charge in [0.05, 0.1) is 6.61 Å². The Balaban J connectivity index is 1.38. The Bertz CT molecular complexity index is 742.